The van der Waals surface area contributed by atoms with E-state index in [9.17, 15) is 0 Å². The van der Waals surface area contributed by atoms with Gasteiger partial charge < -0.3 is 10.1 Å². The zero-order chi connectivity index (χ0) is 14.9. The van der Waals surface area contributed by atoms with Crippen molar-refractivity contribution >= 4 is 0 Å². The van der Waals surface area contributed by atoms with Crippen LogP contribution in [-0.4, -0.2) is 19.2 Å². The van der Waals surface area contributed by atoms with Crippen LogP contribution in [0.1, 0.15) is 37.5 Å². The van der Waals surface area contributed by atoms with Gasteiger partial charge in [-0.3, -0.25) is 0 Å². The van der Waals surface area contributed by atoms with Crippen molar-refractivity contribution in [2.45, 2.75) is 32.4 Å². The van der Waals surface area contributed by atoms with Gasteiger partial charge in [0.25, 0.3) is 0 Å². The Morgan fingerprint density at radius 2 is 1.38 bits per heavy atom. The molecule has 0 unspecified atom stereocenters. The van der Waals surface area contributed by atoms with Gasteiger partial charge in [-0.1, -0.05) is 74.5 Å². The van der Waals surface area contributed by atoms with Gasteiger partial charge in [0, 0.05) is 12.6 Å². The number of ether oxygens (including phenoxy) is 1. The van der Waals surface area contributed by atoms with E-state index in [1.165, 1.54) is 11.1 Å². The highest BCUT2D eigenvalue weighted by atomic mass is 16.5. The van der Waals surface area contributed by atoms with Crippen molar-refractivity contribution in [2.75, 3.05) is 13.2 Å². The van der Waals surface area contributed by atoms with Gasteiger partial charge in [0.1, 0.15) is 6.10 Å². The summed E-state index contributed by atoms with van der Waals surface area (Å²) in [5, 5.41) is 3.42. The fourth-order valence-electron chi connectivity index (χ4n) is 2.30. The zero-order valence-electron chi connectivity index (χ0n) is 13.0. The SMILES string of the molecule is CC(C)NCCCOC(c1ccccc1)c1ccccc1. The summed E-state index contributed by atoms with van der Waals surface area (Å²) in [5.74, 6) is 0. The molecule has 0 aliphatic heterocycles. The van der Waals surface area contributed by atoms with Gasteiger partial charge in [0.2, 0.25) is 0 Å². The average Bonchev–Trinajstić information content (AvgIpc) is 2.52. The molecule has 21 heavy (non-hydrogen) atoms. The van der Waals surface area contributed by atoms with Gasteiger partial charge in [-0.25, -0.2) is 0 Å². The van der Waals surface area contributed by atoms with E-state index in [1.807, 2.05) is 12.1 Å². The van der Waals surface area contributed by atoms with Gasteiger partial charge in [0.05, 0.1) is 0 Å². The van der Waals surface area contributed by atoms with Crippen LogP contribution in [0.25, 0.3) is 0 Å². The standard InChI is InChI=1S/C19H25NO/c1-16(2)20-14-9-15-21-19(17-10-5-3-6-11-17)18-12-7-4-8-13-18/h3-8,10-13,16,19-20H,9,14-15H2,1-2H3. The van der Waals surface area contributed by atoms with Crippen LogP contribution in [0.15, 0.2) is 60.7 Å². The minimum Gasteiger partial charge on any atom is -0.369 e. The van der Waals surface area contributed by atoms with Gasteiger partial charge >= 0.3 is 0 Å². The van der Waals surface area contributed by atoms with Crippen LogP contribution in [0.5, 0.6) is 0 Å². The molecule has 2 aromatic rings. The lowest BCUT2D eigenvalue weighted by Crippen LogP contribution is -2.24. The smallest absolute Gasteiger partial charge is 0.108 e. The molecule has 0 saturated heterocycles. The summed E-state index contributed by atoms with van der Waals surface area (Å²) in [7, 11) is 0. The molecule has 0 amide bonds. The fourth-order valence-corrected chi connectivity index (χ4v) is 2.30. The second-order valence-corrected chi connectivity index (χ2v) is 5.53. The zero-order valence-corrected chi connectivity index (χ0v) is 13.0. The highest BCUT2D eigenvalue weighted by Crippen LogP contribution is 2.25. The summed E-state index contributed by atoms with van der Waals surface area (Å²) in [6.45, 7) is 6.08. The molecule has 0 atom stereocenters. The molecule has 1 N–H and O–H groups in total. The molecule has 0 aliphatic rings. The van der Waals surface area contributed by atoms with Crippen LogP contribution in [0.2, 0.25) is 0 Å². The van der Waals surface area contributed by atoms with Crippen LogP contribution in [0.3, 0.4) is 0 Å². The summed E-state index contributed by atoms with van der Waals surface area (Å²) in [4.78, 5) is 0. The first-order valence-corrected chi connectivity index (χ1v) is 7.72. The highest BCUT2D eigenvalue weighted by molar-refractivity contribution is 5.29. The van der Waals surface area contributed by atoms with Crippen molar-refractivity contribution < 1.29 is 4.74 Å². The fraction of sp³-hybridized carbons (Fsp3) is 0.368. The van der Waals surface area contributed by atoms with Crippen LogP contribution in [0.4, 0.5) is 0 Å². The van der Waals surface area contributed by atoms with E-state index >= 15 is 0 Å². The Hall–Kier alpha value is -1.64. The molecule has 2 aromatic carbocycles. The molecule has 2 rings (SSSR count). The molecule has 0 radical (unpaired) electrons. The van der Waals surface area contributed by atoms with Crippen molar-refractivity contribution in [3.05, 3.63) is 71.8 Å². The number of benzene rings is 2. The monoisotopic (exact) mass is 283 g/mol. The third kappa shape index (κ3) is 5.33. The molecule has 0 saturated carbocycles. The van der Waals surface area contributed by atoms with Gasteiger partial charge in [-0.2, -0.15) is 0 Å². The van der Waals surface area contributed by atoms with Gasteiger partial charge in [-0.05, 0) is 24.1 Å². The van der Waals surface area contributed by atoms with Crippen molar-refractivity contribution in [2.24, 2.45) is 0 Å². The van der Waals surface area contributed by atoms with Crippen molar-refractivity contribution in [1.29, 1.82) is 0 Å². The second kappa shape index (κ2) is 8.60. The predicted octanol–water partition coefficient (Wildman–Crippen LogP) is 4.18. The molecular weight excluding hydrogens is 258 g/mol. The summed E-state index contributed by atoms with van der Waals surface area (Å²) >= 11 is 0. The molecule has 2 heteroatoms. The molecule has 0 spiro atoms. The Kier molecular flexibility index (Phi) is 6.45. The Morgan fingerprint density at radius 1 is 0.857 bits per heavy atom. The van der Waals surface area contributed by atoms with E-state index in [1.54, 1.807) is 0 Å². The van der Waals surface area contributed by atoms with E-state index in [0.717, 1.165) is 19.6 Å². The number of hydrogen-bond donors (Lipinski definition) is 1. The van der Waals surface area contributed by atoms with E-state index < -0.39 is 0 Å². The van der Waals surface area contributed by atoms with Crippen LogP contribution < -0.4 is 5.32 Å². The Labute approximate surface area is 128 Å². The maximum absolute atomic E-state index is 6.16. The maximum atomic E-state index is 6.16. The summed E-state index contributed by atoms with van der Waals surface area (Å²) in [6.07, 6.45) is 1.04. The Balaban J connectivity index is 1.97. The molecule has 0 bridgehead atoms. The largest absolute Gasteiger partial charge is 0.369 e. The number of nitrogens with one attached hydrogen (secondary N) is 1. The normalized spacial score (nSPS) is 11.2. The highest BCUT2D eigenvalue weighted by Gasteiger charge is 2.13. The third-order valence-electron chi connectivity index (χ3n) is 3.36. The molecule has 0 aliphatic carbocycles. The maximum Gasteiger partial charge on any atom is 0.108 e. The molecule has 112 valence electrons. The van der Waals surface area contributed by atoms with Crippen molar-refractivity contribution in [3.63, 3.8) is 0 Å². The second-order valence-electron chi connectivity index (χ2n) is 5.53. The number of rotatable bonds is 8. The average molecular weight is 283 g/mol. The van der Waals surface area contributed by atoms with E-state index in [0.29, 0.717) is 6.04 Å². The summed E-state index contributed by atoms with van der Waals surface area (Å²) < 4.78 is 6.16. The first-order chi connectivity index (χ1) is 10.3. The topological polar surface area (TPSA) is 21.3 Å². The van der Waals surface area contributed by atoms with Crippen LogP contribution >= 0.6 is 0 Å². The van der Waals surface area contributed by atoms with E-state index in [4.69, 9.17) is 4.74 Å². The number of hydrogen-bond acceptors (Lipinski definition) is 2. The molecule has 0 aromatic heterocycles. The first kappa shape index (κ1) is 15.7. The van der Waals surface area contributed by atoms with E-state index in [2.05, 4.69) is 67.7 Å². The Morgan fingerprint density at radius 3 is 1.86 bits per heavy atom. The predicted molar refractivity (Wildman–Crippen MR) is 88.4 cm³/mol. The summed E-state index contributed by atoms with van der Waals surface area (Å²) in [6, 6.07) is 21.4. The van der Waals surface area contributed by atoms with Crippen molar-refractivity contribution in [3.8, 4) is 0 Å². The third-order valence-corrected chi connectivity index (χ3v) is 3.36. The quantitative estimate of drug-likeness (QED) is 0.734. The van der Waals surface area contributed by atoms with E-state index in [-0.39, 0.29) is 6.10 Å². The van der Waals surface area contributed by atoms with Gasteiger partial charge in [-0.15, -0.1) is 0 Å². The minimum atomic E-state index is 0.0199. The Bertz CT molecular complexity index is 456. The van der Waals surface area contributed by atoms with Gasteiger partial charge in [0.15, 0.2) is 0 Å². The minimum absolute atomic E-state index is 0.0199. The van der Waals surface area contributed by atoms with Crippen LogP contribution in [0, 0.1) is 0 Å². The lowest BCUT2D eigenvalue weighted by molar-refractivity contribution is 0.0780. The molecule has 2 nitrogen and oxygen atoms in total. The lowest BCUT2D eigenvalue weighted by atomic mass is 10.0. The summed E-state index contributed by atoms with van der Waals surface area (Å²) in [5.41, 5.74) is 2.42. The lowest BCUT2D eigenvalue weighted by Gasteiger charge is -2.19. The first-order valence-electron chi connectivity index (χ1n) is 7.72. The molecule has 0 heterocycles. The molecule has 0 fully saturated rings. The van der Waals surface area contributed by atoms with Crippen molar-refractivity contribution in [1.82, 2.24) is 5.32 Å². The molecular formula is C19H25NO. The van der Waals surface area contributed by atoms with Crippen LogP contribution in [-0.2, 0) is 4.74 Å².